The average Bonchev–Trinajstić information content (AvgIpc) is 3.70. The maximum atomic E-state index is 14.5. The fourth-order valence-electron chi connectivity index (χ4n) is 8.16. The highest BCUT2D eigenvalue weighted by Gasteiger charge is 2.71. The Labute approximate surface area is 379 Å². The van der Waals surface area contributed by atoms with Gasteiger partial charge in [0.15, 0.2) is 57.8 Å². The monoisotopic (exact) mass is 970 g/mol. The van der Waals surface area contributed by atoms with Gasteiger partial charge in [0.2, 0.25) is 41.3 Å². The fraction of sp³-hybridized carbons (Fsp3) is 0.244. The predicted octanol–water partition coefficient (Wildman–Crippen LogP) is -0.536. The summed E-state index contributed by atoms with van der Waals surface area (Å²) in [6, 6.07) is 2.23. The zero-order chi connectivity index (χ0) is 50.5. The maximum Gasteiger partial charge on any atom is 0.352 e. The lowest BCUT2D eigenvalue weighted by atomic mass is 9.78. The van der Waals surface area contributed by atoms with Crippen molar-refractivity contribution in [1.29, 1.82) is 0 Å². The lowest BCUT2D eigenvalue weighted by molar-refractivity contribution is -0.283. The molecule has 28 heteroatoms. The molecule has 0 aromatic heterocycles. The highest BCUT2D eigenvalue weighted by Crippen LogP contribution is 2.57. The summed E-state index contributed by atoms with van der Waals surface area (Å²) >= 11 is 0. The first-order valence-electron chi connectivity index (χ1n) is 19.3. The van der Waals surface area contributed by atoms with E-state index in [-0.39, 0.29) is 0 Å². The van der Waals surface area contributed by atoms with Gasteiger partial charge in [-0.25, -0.2) is 28.8 Å². The number of carboxylic acids is 1. The van der Waals surface area contributed by atoms with E-state index >= 15 is 0 Å². The first-order valence-corrected chi connectivity index (χ1v) is 19.3. The summed E-state index contributed by atoms with van der Waals surface area (Å²) in [6.45, 7) is -1.23. The number of hydrogen-bond acceptors (Lipinski definition) is 27. The number of aliphatic hydroxyl groups is 1. The number of aliphatic carboxylic acids is 1. The van der Waals surface area contributed by atoms with Crippen LogP contribution in [0.2, 0.25) is 0 Å². The van der Waals surface area contributed by atoms with Gasteiger partial charge in [-0.3, -0.25) is 4.79 Å². The van der Waals surface area contributed by atoms with Gasteiger partial charge in [-0.05, 0) is 30.3 Å². The molecule has 28 nitrogen and oxygen atoms in total. The molecule has 69 heavy (non-hydrogen) atoms. The van der Waals surface area contributed by atoms with Crippen LogP contribution in [-0.2, 0) is 47.5 Å². The Bertz CT molecular complexity index is 2950. The summed E-state index contributed by atoms with van der Waals surface area (Å²) in [4.78, 5) is 94.2. The van der Waals surface area contributed by atoms with Crippen LogP contribution in [-0.4, -0.2) is 162 Å². The highest BCUT2D eigenvalue weighted by atomic mass is 16.7. The topological polar surface area (TPSA) is 467 Å². The number of carbonyl (C=O) groups excluding carboxylic acids is 6. The van der Waals surface area contributed by atoms with E-state index in [2.05, 4.69) is 0 Å². The molecular weight excluding hydrogens is 940 g/mol. The van der Waals surface area contributed by atoms with Crippen LogP contribution >= 0.6 is 0 Å². The molecule has 4 aromatic carbocycles. The Morgan fingerprint density at radius 1 is 0.638 bits per heavy atom. The van der Waals surface area contributed by atoms with E-state index in [1.54, 1.807) is 0 Å². The van der Waals surface area contributed by atoms with Crippen LogP contribution in [0.5, 0.6) is 69.0 Å². The summed E-state index contributed by atoms with van der Waals surface area (Å²) in [7, 11) is 0. The van der Waals surface area contributed by atoms with Crippen molar-refractivity contribution in [2.45, 2.75) is 54.7 Å². The number of esters is 6. The number of benzene rings is 4. The van der Waals surface area contributed by atoms with Crippen molar-refractivity contribution in [2.24, 2.45) is 0 Å². The number of aromatic hydroxyl groups is 12. The molecule has 4 aliphatic rings. The Morgan fingerprint density at radius 2 is 1.17 bits per heavy atom. The third-order valence-electron chi connectivity index (χ3n) is 11.3. The number of ether oxygens (including phenoxy) is 7. The Morgan fingerprint density at radius 3 is 1.75 bits per heavy atom. The highest BCUT2D eigenvalue weighted by molar-refractivity contribution is 6.08. The summed E-state index contributed by atoms with van der Waals surface area (Å²) in [6.07, 6.45) is -15.9. The van der Waals surface area contributed by atoms with Gasteiger partial charge < -0.3 is 105 Å². The number of carboxylic acid groups (broad SMARTS) is 1. The standard InChI is InChI=1S/C41H30O28/c42-12-1-8(2-13(43)23(12)49)34(57)68-39-33(66-37(60)11-5-16(46)26(52)30(56)21(11)22-31-38(61)69-41(22,6-18(47)48)40(62)67-31)32-27(53)17(64-39)7-63-35(58)9-3-14(44)24(50)28(54)19(9)20-10(36(59)65-32)4-15(45)25(51)29(20)55/h1-5,17,22,27,31-33,39,42-46,49-56H,6-7H2,(H,47,48)/t17-,22?,27-,31-,32+,33-,39+,41-/m1/s1. The lowest BCUT2D eigenvalue weighted by Gasteiger charge is -2.42. The molecule has 0 spiro atoms. The third kappa shape index (κ3) is 7.21. The van der Waals surface area contributed by atoms with Crippen LogP contribution in [0.4, 0.5) is 0 Å². The second-order valence-corrected chi connectivity index (χ2v) is 15.4. The zero-order valence-corrected chi connectivity index (χ0v) is 33.8. The van der Waals surface area contributed by atoms with Crippen molar-refractivity contribution < 1.29 is 138 Å². The maximum absolute atomic E-state index is 14.5. The van der Waals surface area contributed by atoms with Crippen molar-refractivity contribution in [3.8, 4) is 80.1 Å². The number of cyclic esters (lactones) is 1. The molecule has 0 amide bonds. The van der Waals surface area contributed by atoms with Crippen molar-refractivity contribution in [1.82, 2.24) is 0 Å². The van der Waals surface area contributed by atoms with Crippen LogP contribution in [0.1, 0.15) is 59.3 Å². The molecule has 0 saturated carbocycles. The first-order chi connectivity index (χ1) is 32.4. The Balaban J connectivity index is 1.30. The largest absolute Gasteiger partial charge is 0.504 e. The third-order valence-corrected chi connectivity index (χ3v) is 11.3. The molecule has 8 rings (SSSR count). The summed E-state index contributed by atoms with van der Waals surface area (Å²) < 4.78 is 37.5. The second-order valence-electron chi connectivity index (χ2n) is 15.4. The number of hydrogen-bond donors (Lipinski definition) is 14. The smallest absolute Gasteiger partial charge is 0.352 e. The van der Waals surface area contributed by atoms with Crippen LogP contribution < -0.4 is 0 Å². The number of carbonyl (C=O) groups is 7. The summed E-state index contributed by atoms with van der Waals surface area (Å²) in [5, 5.41) is 148. The van der Waals surface area contributed by atoms with Crippen LogP contribution in [0.3, 0.4) is 0 Å². The molecule has 8 atom stereocenters. The molecule has 1 unspecified atom stereocenters. The Kier molecular flexibility index (Phi) is 10.9. The normalized spacial score (nSPS) is 24.8. The van der Waals surface area contributed by atoms with Crippen LogP contribution in [0, 0.1) is 0 Å². The van der Waals surface area contributed by atoms with Crippen LogP contribution in [0.15, 0.2) is 30.3 Å². The summed E-state index contributed by atoms with van der Waals surface area (Å²) in [5.74, 6) is -29.8. The average molecular weight is 971 g/mol. The first kappa shape index (κ1) is 46.2. The molecule has 362 valence electrons. The van der Waals surface area contributed by atoms with Crippen molar-refractivity contribution >= 4 is 41.8 Å². The molecular formula is C41H30O28. The van der Waals surface area contributed by atoms with E-state index in [0.717, 1.165) is 0 Å². The SMILES string of the molecule is O=C(O)C[C@]12OC(=O)[C@H](OC1=O)C2c1c(C(=O)O[C@H]2[C@H](OC(=O)c3cc(O)c(O)c(O)c3)O[C@@H]3COC(=O)c4cc(O)c(O)c(O)c4-c4c(cc(O)c(O)c4O)C(=O)O[C@H]2[C@@H]3O)cc(O)c(O)c1O. The molecule has 4 heterocycles. The number of phenolic OH excluding ortho intramolecular Hbond substituents is 12. The molecule has 3 saturated heterocycles. The van der Waals surface area contributed by atoms with E-state index in [4.69, 9.17) is 33.2 Å². The quantitative estimate of drug-likeness (QED) is 0.0628. The van der Waals surface area contributed by atoms with Gasteiger partial charge in [0.1, 0.15) is 18.8 Å². The van der Waals surface area contributed by atoms with Crippen molar-refractivity contribution in [3.05, 3.63) is 58.1 Å². The van der Waals surface area contributed by atoms with E-state index in [1.807, 2.05) is 0 Å². The minimum Gasteiger partial charge on any atom is -0.504 e. The van der Waals surface area contributed by atoms with E-state index in [1.165, 1.54) is 0 Å². The lowest BCUT2D eigenvalue weighted by Crippen LogP contribution is -2.62. The number of rotatable bonds is 7. The zero-order valence-electron chi connectivity index (χ0n) is 33.8. The molecule has 4 bridgehead atoms. The molecule has 4 aliphatic heterocycles. The van der Waals surface area contributed by atoms with Gasteiger partial charge >= 0.3 is 41.8 Å². The van der Waals surface area contributed by atoms with Gasteiger partial charge in [-0.15, -0.1) is 0 Å². The van der Waals surface area contributed by atoms with E-state index < -0.39 is 211 Å². The van der Waals surface area contributed by atoms with Gasteiger partial charge in [0.05, 0.1) is 34.6 Å². The van der Waals surface area contributed by atoms with Gasteiger partial charge in [0.25, 0.3) is 0 Å². The predicted molar refractivity (Wildman–Crippen MR) is 207 cm³/mol. The van der Waals surface area contributed by atoms with E-state index in [0.29, 0.717) is 30.3 Å². The molecule has 4 aromatic rings. The van der Waals surface area contributed by atoms with Crippen molar-refractivity contribution in [2.75, 3.05) is 6.61 Å². The molecule has 3 fully saturated rings. The fourth-order valence-corrected chi connectivity index (χ4v) is 8.16. The minimum atomic E-state index is -2.86. The summed E-state index contributed by atoms with van der Waals surface area (Å²) in [5.41, 5.74) is -10.3. The second kappa shape index (κ2) is 16.2. The molecule has 0 radical (unpaired) electrons. The Hall–Kier alpha value is -9.31. The number of fused-ring (bicyclic) bond motifs is 7. The molecule has 0 aliphatic carbocycles. The number of phenols is 12. The number of aliphatic hydroxyl groups excluding tert-OH is 1. The van der Waals surface area contributed by atoms with E-state index in [9.17, 15) is 105 Å². The van der Waals surface area contributed by atoms with Crippen LogP contribution in [0.25, 0.3) is 11.1 Å². The van der Waals surface area contributed by atoms with Gasteiger partial charge in [-0.2, -0.15) is 0 Å². The minimum absolute atomic E-state index is 0.345. The van der Waals surface area contributed by atoms with Gasteiger partial charge in [0, 0.05) is 16.7 Å². The van der Waals surface area contributed by atoms with Crippen molar-refractivity contribution in [3.63, 3.8) is 0 Å². The molecule has 14 N–H and O–H groups in total. The van der Waals surface area contributed by atoms with Gasteiger partial charge in [-0.1, -0.05) is 0 Å².